The average molecular weight is 402 g/mol. The molecule has 1 heterocycles. The number of benzene rings is 2. The van der Waals surface area contributed by atoms with Crippen molar-refractivity contribution in [1.82, 2.24) is 20.2 Å². The Hall–Kier alpha value is -2.94. The maximum atomic E-state index is 12.4. The summed E-state index contributed by atoms with van der Waals surface area (Å²) >= 11 is 3.41. The van der Waals surface area contributed by atoms with Crippen LogP contribution in [0.25, 0.3) is 11.4 Å². The Balaban J connectivity index is 1.82. The maximum absolute atomic E-state index is 12.4. The van der Waals surface area contributed by atoms with Crippen molar-refractivity contribution < 1.29 is 9.72 Å². The molecule has 0 bridgehead atoms. The lowest BCUT2D eigenvalue weighted by Crippen LogP contribution is -2.13. The number of hydrogen-bond acceptors (Lipinski definition) is 6. The number of nitro benzene ring substituents is 1. The summed E-state index contributed by atoms with van der Waals surface area (Å²) in [5.41, 5.74) is 1.40. The van der Waals surface area contributed by atoms with Crippen molar-refractivity contribution in [2.45, 2.75) is 13.5 Å². The first-order valence-corrected chi connectivity index (χ1v) is 8.06. The summed E-state index contributed by atoms with van der Waals surface area (Å²) in [6.07, 6.45) is 0. The molecular formula is C16H12BrN5O3. The molecule has 3 rings (SSSR count). The first-order chi connectivity index (χ1) is 12.0. The van der Waals surface area contributed by atoms with Gasteiger partial charge < -0.3 is 0 Å². The van der Waals surface area contributed by atoms with Gasteiger partial charge in [0.1, 0.15) is 6.54 Å². The van der Waals surface area contributed by atoms with E-state index in [1.807, 2.05) is 24.3 Å². The molecule has 0 saturated heterocycles. The molecule has 0 aliphatic carbocycles. The molecule has 0 radical (unpaired) electrons. The van der Waals surface area contributed by atoms with E-state index in [1.165, 1.54) is 10.9 Å². The highest BCUT2D eigenvalue weighted by atomic mass is 79.9. The van der Waals surface area contributed by atoms with Crippen molar-refractivity contribution >= 4 is 27.4 Å². The van der Waals surface area contributed by atoms with Crippen LogP contribution in [0.4, 0.5) is 5.69 Å². The van der Waals surface area contributed by atoms with Crippen LogP contribution in [0.5, 0.6) is 0 Å². The Morgan fingerprint density at radius 3 is 2.76 bits per heavy atom. The van der Waals surface area contributed by atoms with Gasteiger partial charge in [-0.2, -0.15) is 4.80 Å². The molecule has 0 N–H and O–H groups in total. The van der Waals surface area contributed by atoms with Crippen molar-refractivity contribution in [2.75, 3.05) is 0 Å². The third kappa shape index (κ3) is 3.61. The van der Waals surface area contributed by atoms with E-state index in [9.17, 15) is 14.9 Å². The molecule has 2 aromatic carbocycles. The van der Waals surface area contributed by atoms with E-state index >= 15 is 0 Å². The quantitative estimate of drug-likeness (QED) is 0.369. The predicted octanol–water partition coefficient (Wildman–Crippen LogP) is 3.20. The van der Waals surface area contributed by atoms with Gasteiger partial charge in [-0.05, 0) is 24.3 Å². The standard InChI is InChI=1S/C16H12BrN5O3/c1-10-6-7-11(8-14(10)22(24)25)15(23)9-21-19-16(18-20-21)12-4-2-3-5-13(12)17/h2-8H,9H2,1H3. The Kier molecular flexibility index (Phi) is 4.66. The van der Waals surface area contributed by atoms with Gasteiger partial charge in [-0.25, -0.2) is 0 Å². The molecule has 8 nitrogen and oxygen atoms in total. The Bertz CT molecular complexity index is 970. The van der Waals surface area contributed by atoms with Crippen LogP contribution in [0.1, 0.15) is 15.9 Å². The fraction of sp³-hybridized carbons (Fsp3) is 0.125. The molecule has 1 aromatic heterocycles. The summed E-state index contributed by atoms with van der Waals surface area (Å²) in [5.74, 6) is 0.0503. The van der Waals surface area contributed by atoms with Gasteiger partial charge in [0.15, 0.2) is 5.78 Å². The number of carbonyl (C=O) groups excluding carboxylic acids is 1. The van der Waals surface area contributed by atoms with Gasteiger partial charge in [0.05, 0.1) is 4.92 Å². The van der Waals surface area contributed by atoms with E-state index in [2.05, 4.69) is 31.3 Å². The van der Waals surface area contributed by atoms with Gasteiger partial charge in [0.25, 0.3) is 5.69 Å². The first-order valence-electron chi connectivity index (χ1n) is 7.26. The topological polar surface area (TPSA) is 104 Å². The van der Waals surface area contributed by atoms with Crippen LogP contribution < -0.4 is 0 Å². The summed E-state index contributed by atoms with van der Waals surface area (Å²) in [6.45, 7) is 1.47. The smallest absolute Gasteiger partial charge is 0.273 e. The summed E-state index contributed by atoms with van der Waals surface area (Å²) in [4.78, 5) is 24.0. The highest BCUT2D eigenvalue weighted by Gasteiger charge is 2.17. The van der Waals surface area contributed by atoms with E-state index in [-0.39, 0.29) is 23.6 Å². The molecule has 0 atom stereocenters. The molecule has 0 amide bonds. The third-order valence-electron chi connectivity index (χ3n) is 3.58. The van der Waals surface area contributed by atoms with Crippen molar-refractivity contribution in [3.63, 3.8) is 0 Å². The van der Waals surface area contributed by atoms with Crippen molar-refractivity contribution in [3.05, 3.63) is 68.2 Å². The molecule has 25 heavy (non-hydrogen) atoms. The lowest BCUT2D eigenvalue weighted by molar-refractivity contribution is -0.385. The number of Topliss-reactive ketones (excluding diaryl/α,β-unsaturated/α-hetero) is 1. The normalized spacial score (nSPS) is 10.6. The average Bonchev–Trinajstić information content (AvgIpc) is 3.03. The van der Waals surface area contributed by atoms with Crippen LogP contribution in [0, 0.1) is 17.0 Å². The number of nitro groups is 1. The van der Waals surface area contributed by atoms with Gasteiger partial charge in [-0.15, -0.1) is 10.2 Å². The molecule has 3 aromatic rings. The van der Waals surface area contributed by atoms with Crippen LogP contribution in [0.3, 0.4) is 0 Å². The summed E-state index contributed by atoms with van der Waals surface area (Å²) in [6, 6.07) is 11.8. The minimum absolute atomic E-state index is 0.0914. The maximum Gasteiger partial charge on any atom is 0.273 e. The van der Waals surface area contributed by atoms with Crippen molar-refractivity contribution in [1.29, 1.82) is 0 Å². The molecule has 0 fully saturated rings. The van der Waals surface area contributed by atoms with E-state index in [1.54, 1.807) is 19.1 Å². The summed E-state index contributed by atoms with van der Waals surface area (Å²) in [5, 5.41) is 23.0. The van der Waals surface area contributed by atoms with Crippen LogP contribution in [-0.4, -0.2) is 30.9 Å². The minimum Gasteiger partial charge on any atom is -0.292 e. The van der Waals surface area contributed by atoms with Gasteiger partial charge in [0, 0.05) is 27.2 Å². The number of aryl methyl sites for hydroxylation is 1. The SMILES string of the molecule is Cc1ccc(C(=O)Cn2nnc(-c3ccccc3Br)n2)cc1[N+](=O)[O-]. The molecule has 9 heteroatoms. The Labute approximate surface area is 150 Å². The number of halogens is 1. The zero-order valence-electron chi connectivity index (χ0n) is 13.1. The van der Waals surface area contributed by atoms with Gasteiger partial charge in [0.2, 0.25) is 5.82 Å². The number of aromatic nitrogens is 4. The Morgan fingerprint density at radius 2 is 2.04 bits per heavy atom. The largest absolute Gasteiger partial charge is 0.292 e. The van der Waals surface area contributed by atoms with E-state index in [0.29, 0.717) is 11.4 Å². The molecule has 126 valence electrons. The molecular weight excluding hydrogens is 390 g/mol. The second kappa shape index (κ2) is 6.89. The first kappa shape index (κ1) is 16.9. The van der Waals surface area contributed by atoms with Crippen LogP contribution in [-0.2, 0) is 6.54 Å². The van der Waals surface area contributed by atoms with Crippen LogP contribution in [0.15, 0.2) is 46.9 Å². The predicted molar refractivity (Wildman–Crippen MR) is 93.1 cm³/mol. The van der Waals surface area contributed by atoms with Crippen LogP contribution >= 0.6 is 15.9 Å². The second-order valence-corrected chi connectivity index (χ2v) is 6.16. The van der Waals surface area contributed by atoms with Gasteiger partial charge in [-0.3, -0.25) is 14.9 Å². The zero-order valence-corrected chi connectivity index (χ0v) is 14.7. The molecule has 0 spiro atoms. The van der Waals surface area contributed by atoms with E-state index in [4.69, 9.17) is 0 Å². The number of tetrazole rings is 1. The van der Waals surface area contributed by atoms with Gasteiger partial charge >= 0.3 is 0 Å². The van der Waals surface area contributed by atoms with Crippen molar-refractivity contribution in [2.24, 2.45) is 0 Å². The van der Waals surface area contributed by atoms with E-state index < -0.39 is 4.92 Å². The lowest BCUT2D eigenvalue weighted by atomic mass is 10.1. The molecule has 0 saturated carbocycles. The zero-order chi connectivity index (χ0) is 18.0. The number of carbonyl (C=O) groups is 1. The monoisotopic (exact) mass is 401 g/mol. The van der Waals surface area contributed by atoms with E-state index in [0.717, 1.165) is 10.0 Å². The second-order valence-electron chi connectivity index (χ2n) is 5.30. The summed E-state index contributed by atoms with van der Waals surface area (Å²) < 4.78 is 0.815. The molecule has 0 aliphatic rings. The van der Waals surface area contributed by atoms with Gasteiger partial charge in [-0.1, -0.05) is 40.2 Å². The van der Waals surface area contributed by atoms with Crippen molar-refractivity contribution in [3.8, 4) is 11.4 Å². The Morgan fingerprint density at radius 1 is 1.28 bits per heavy atom. The highest BCUT2D eigenvalue weighted by molar-refractivity contribution is 9.10. The summed E-state index contributed by atoms with van der Waals surface area (Å²) in [7, 11) is 0. The fourth-order valence-electron chi connectivity index (χ4n) is 2.26. The highest BCUT2D eigenvalue weighted by Crippen LogP contribution is 2.24. The number of rotatable bonds is 5. The number of nitrogens with zero attached hydrogens (tertiary/aromatic N) is 5. The minimum atomic E-state index is -0.509. The number of hydrogen-bond donors (Lipinski definition) is 0. The van der Waals surface area contributed by atoms with Crippen LogP contribution in [0.2, 0.25) is 0 Å². The third-order valence-corrected chi connectivity index (χ3v) is 4.27. The molecule has 0 aliphatic heterocycles. The molecule has 0 unspecified atom stereocenters. The fourth-order valence-corrected chi connectivity index (χ4v) is 2.72. The lowest BCUT2D eigenvalue weighted by Gasteiger charge is -2.02. The number of ketones is 1.